The zero-order valence-corrected chi connectivity index (χ0v) is 12.3. The highest BCUT2D eigenvalue weighted by Gasteiger charge is 2.15. The van der Waals surface area contributed by atoms with Crippen molar-refractivity contribution >= 4 is 16.7 Å². The minimum Gasteiger partial charge on any atom is -0.268 e. The lowest BCUT2D eigenvalue weighted by Gasteiger charge is -2.11. The minimum absolute atomic E-state index is 0.0789. The molecule has 0 aliphatic heterocycles. The fourth-order valence-corrected chi connectivity index (χ4v) is 2.82. The number of aryl methyl sites for hydroxylation is 2. The van der Waals surface area contributed by atoms with E-state index in [1.54, 1.807) is 4.57 Å². The summed E-state index contributed by atoms with van der Waals surface area (Å²) in [7, 11) is 0. The third kappa shape index (κ3) is 1.69. The van der Waals surface area contributed by atoms with E-state index in [2.05, 4.69) is 10.2 Å². The standard InChI is InChI=1S/C17H14N4O/c1-11-8-9-15-14(10-11)16(22)21(13-6-4-3-5-7-13)17-19-18-12(2)20(15)17/h3-10H,1-2H3. The molecule has 4 rings (SSSR count). The monoisotopic (exact) mass is 290 g/mol. The molecular formula is C17H14N4O. The van der Waals surface area contributed by atoms with Gasteiger partial charge in [0.15, 0.2) is 0 Å². The van der Waals surface area contributed by atoms with Crippen molar-refractivity contribution in [3.8, 4) is 5.69 Å². The van der Waals surface area contributed by atoms with Crippen LogP contribution in [0.1, 0.15) is 11.4 Å². The Morgan fingerprint density at radius 2 is 1.73 bits per heavy atom. The molecule has 0 aliphatic carbocycles. The molecule has 4 aromatic rings. The van der Waals surface area contributed by atoms with Crippen LogP contribution in [0.25, 0.3) is 22.4 Å². The molecule has 5 heteroatoms. The van der Waals surface area contributed by atoms with Gasteiger partial charge < -0.3 is 0 Å². The lowest BCUT2D eigenvalue weighted by Crippen LogP contribution is -2.22. The molecule has 0 aliphatic rings. The quantitative estimate of drug-likeness (QED) is 0.541. The number of nitrogens with zero attached hydrogens (tertiary/aromatic N) is 4. The first-order valence-corrected chi connectivity index (χ1v) is 7.09. The summed E-state index contributed by atoms with van der Waals surface area (Å²) >= 11 is 0. The van der Waals surface area contributed by atoms with Crippen molar-refractivity contribution in [1.82, 2.24) is 19.2 Å². The molecular weight excluding hydrogens is 276 g/mol. The lowest BCUT2D eigenvalue weighted by atomic mass is 10.1. The second-order valence-electron chi connectivity index (χ2n) is 5.38. The summed E-state index contributed by atoms with van der Waals surface area (Å²) in [4.78, 5) is 13.0. The van der Waals surface area contributed by atoms with Gasteiger partial charge in [0, 0.05) is 0 Å². The van der Waals surface area contributed by atoms with E-state index in [0.717, 1.165) is 22.6 Å². The largest absolute Gasteiger partial charge is 0.268 e. The van der Waals surface area contributed by atoms with Crippen LogP contribution < -0.4 is 5.56 Å². The van der Waals surface area contributed by atoms with E-state index in [4.69, 9.17) is 0 Å². The van der Waals surface area contributed by atoms with Crippen molar-refractivity contribution in [3.63, 3.8) is 0 Å². The number of benzene rings is 2. The summed E-state index contributed by atoms with van der Waals surface area (Å²) < 4.78 is 3.53. The van der Waals surface area contributed by atoms with Crippen LogP contribution in [-0.4, -0.2) is 19.2 Å². The van der Waals surface area contributed by atoms with Gasteiger partial charge in [-0.1, -0.05) is 29.8 Å². The molecule has 0 radical (unpaired) electrons. The van der Waals surface area contributed by atoms with Gasteiger partial charge in [-0.3, -0.25) is 9.20 Å². The Balaban J connectivity index is 2.29. The molecule has 0 atom stereocenters. The summed E-state index contributed by atoms with van der Waals surface area (Å²) in [6, 6.07) is 15.4. The van der Waals surface area contributed by atoms with Gasteiger partial charge in [0.05, 0.1) is 16.6 Å². The van der Waals surface area contributed by atoms with E-state index in [1.165, 1.54) is 0 Å². The van der Waals surface area contributed by atoms with E-state index >= 15 is 0 Å². The number of rotatable bonds is 1. The first-order valence-electron chi connectivity index (χ1n) is 7.09. The maximum Gasteiger partial charge on any atom is 0.267 e. The third-order valence-corrected chi connectivity index (χ3v) is 3.85. The second kappa shape index (κ2) is 4.53. The van der Waals surface area contributed by atoms with Gasteiger partial charge in [-0.05, 0) is 38.1 Å². The maximum atomic E-state index is 13.0. The van der Waals surface area contributed by atoms with Crippen molar-refractivity contribution in [3.05, 3.63) is 70.3 Å². The Labute approximate surface area is 126 Å². The molecule has 2 heterocycles. The third-order valence-electron chi connectivity index (χ3n) is 3.85. The van der Waals surface area contributed by atoms with Gasteiger partial charge in [-0.15, -0.1) is 10.2 Å². The Morgan fingerprint density at radius 3 is 2.50 bits per heavy atom. The topological polar surface area (TPSA) is 52.2 Å². The van der Waals surface area contributed by atoms with Crippen molar-refractivity contribution in [2.24, 2.45) is 0 Å². The van der Waals surface area contributed by atoms with Crippen molar-refractivity contribution in [2.45, 2.75) is 13.8 Å². The normalized spacial score (nSPS) is 11.4. The molecule has 0 unspecified atom stereocenters. The van der Waals surface area contributed by atoms with E-state index in [1.807, 2.05) is 66.8 Å². The molecule has 0 fully saturated rings. The van der Waals surface area contributed by atoms with Gasteiger partial charge in [0.2, 0.25) is 5.78 Å². The smallest absolute Gasteiger partial charge is 0.267 e. The first kappa shape index (κ1) is 12.8. The second-order valence-corrected chi connectivity index (χ2v) is 5.38. The molecule has 0 N–H and O–H groups in total. The first-order chi connectivity index (χ1) is 10.7. The number of fused-ring (bicyclic) bond motifs is 3. The van der Waals surface area contributed by atoms with Crippen LogP contribution in [0.3, 0.4) is 0 Å². The lowest BCUT2D eigenvalue weighted by molar-refractivity contribution is 0.964. The van der Waals surface area contributed by atoms with Gasteiger partial charge in [0.1, 0.15) is 5.82 Å². The van der Waals surface area contributed by atoms with E-state index in [0.29, 0.717) is 11.2 Å². The van der Waals surface area contributed by atoms with Crippen LogP contribution in [-0.2, 0) is 0 Å². The SMILES string of the molecule is Cc1ccc2c(c1)c(=O)n(-c1ccccc1)c1nnc(C)n21. The Bertz CT molecular complexity index is 1060. The summed E-state index contributed by atoms with van der Waals surface area (Å²) in [6.45, 7) is 3.87. The van der Waals surface area contributed by atoms with Gasteiger partial charge in [0.25, 0.3) is 5.56 Å². The molecule has 2 aromatic heterocycles. The average molecular weight is 290 g/mol. The van der Waals surface area contributed by atoms with Crippen LogP contribution in [0.2, 0.25) is 0 Å². The van der Waals surface area contributed by atoms with Crippen molar-refractivity contribution < 1.29 is 0 Å². The zero-order valence-electron chi connectivity index (χ0n) is 12.3. The van der Waals surface area contributed by atoms with Crippen LogP contribution in [0.15, 0.2) is 53.3 Å². The predicted octanol–water partition coefficient (Wildman–Crippen LogP) is 2.65. The Morgan fingerprint density at radius 1 is 0.955 bits per heavy atom. The molecule has 0 amide bonds. The van der Waals surface area contributed by atoms with Gasteiger partial charge in [-0.25, -0.2) is 4.57 Å². The Hall–Kier alpha value is -2.95. The molecule has 0 saturated heterocycles. The Kier molecular flexibility index (Phi) is 2.63. The van der Waals surface area contributed by atoms with Gasteiger partial charge in [-0.2, -0.15) is 0 Å². The highest BCUT2D eigenvalue weighted by atomic mass is 16.1. The summed E-state index contributed by atoms with van der Waals surface area (Å²) in [6.07, 6.45) is 0. The molecule has 0 bridgehead atoms. The number of para-hydroxylation sites is 1. The molecule has 5 nitrogen and oxygen atoms in total. The minimum atomic E-state index is -0.0789. The number of hydrogen-bond acceptors (Lipinski definition) is 3. The van der Waals surface area contributed by atoms with Crippen LogP contribution in [0.4, 0.5) is 0 Å². The molecule has 0 saturated carbocycles. The van der Waals surface area contributed by atoms with Crippen molar-refractivity contribution in [1.29, 1.82) is 0 Å². The van der Waals surface area contributed by atoms with Crippen LogP contribution in [0.5, 0.6) is 0 Å². The van der Waals surface area contributed by atoms with Crippen molar-refractivity contribution in [2.75, 3.05) is 0 Å². The number of hydrogen-bond donors (Lipinski definition) is 0. The summed E-state index contributed by atoms with van der Waals surface area (Å²) in [5, 5.41) is 9.02. The van der Waals surface area contributed by atoms with E-state index in [9.17, 15) is 4.79 Å². The summed E-state index contributed by atoms with van der Waals surface area (Å²) in [5.74, 6) is 1.29. The molecule has 0 spiro atoms. The highest BCUT2D eigenvalue weighted by Crippen LogP contribution is 2.18. The predicted molar refractivity (Wildman–Crippen MR) is 85.6 cm³/mol. The maximum absolute atomic E-state index is 13.0. The average Bonchev–Trinajstić information content (AvgIpc) is 2.90. The highest BCUT2D eigenvalue weighted by molar-refractivity contribution is 5.81. The van der Waals surface area contributed by atoms with Crippen LogP contribution in [0, 0.1) is 13.8 Å². The molecule has 22 heavy (non-hydrogen) atoms. The fraction of sp³-hybridized carbons (Fsp3) is 0.118. The van der Waals surface area contributed by atoms with E-state index in [-0.39, 0.29) is 5.56 Å². The zero-order chi connectivity index (χ0) is 15.3. The van der Waals surface area contributed by atoms with E-state index < -0.39 is 0 Å². The fourth-order valence-electron chi connectivity index (χ4n) is 2.82. The molecule has 2 aromatic carbocycles. The summed E-state index contributed by atoms with van der Waals surface area (Å²) in [5.41, 5.74) is 2.59. The molecule has 108 valence electrons. The van der Waals surface area contributed by atoms with Gasteiger partial charge >= 0.3 is 0 Å². The van der Waals surface area contributed by atoms with Crippen LogP contribution >= 0.6 is 0 Å². The number of aromatic nitrogens is 4.